The molecule has 0 fully saturated rings. The summed E-state index contributed by atoms with van der Waals surface area (Å²) in [5, 5.41) is 5.88. The molecule has 0 aliphatic heterocycles. The zero-order valence-electron chi connectivity index (χ0n) is 13.3. The van der Waals surface area contributed by atoms with Crippen molar-refractivity contribution in [3.8, 4) is 0 Å². The van der Waals surface area contributed by atoms with E-state index in [4.69, 9.17) is 0 Å². The van der Waals surface area contributed by atoms with Gasteiger partial charge in [-0.1, -0.05) is 18.2 Å². The molecule has 2 rings (SSSR count). The summed E-state index contributed by atoms with van der Waals surface area (Å²) in [5.41, 5.74) is 1.93. The summed E-state index contributed by atoms with van der Waals surface area (Å²) in [6.45, 7) is 7.62. The lowest BCUT2D eigenvalue weighted by atomic mass is 10.1. The van der Waals surface area contributed by atoms with Crippen LogP contribution in [0.5, 0.6) is 0 Å². The van der Waals surface area contributed by atoms with Gasteiger partial charge in [0.1, 0.15) is 11.6 Å². The molecule has 5 heteroatoms. The van der Waals surface area contributed by atoms with Crippen LogP contribution in [0.15, 0.2) is 49.2 Å². The summed E-state index contributed by atoms with van der Waals surface area (Å²) in [4.78, 5) is 16.0. The molecule has 0 aliphatic rings. The number of aryl methyl sites for hydroxylation is 1. The second-order valence-electron chi connectivity index (χ2n) is 5.31. The zero-order chi connectivity index (χ0) is 16.8. The number of hydrogen-bond donors (Lipinski definition) is 2. The van der Waals surface area contributed by atoms with Gasteiger partial charge >= 0.3 is 0 Å². The number of anilines is 1. The van der Waals surface area contributed by atoms with Crippen molar-refractivity contribution in [1.29, 1.82) is 0 Å². The number of benzene rings is 1. The van der Waals surface area contributed by atoms with Crippen LogP contribution in [-0.4, -0.2) is 17.4 Å². The minimum Gasteiger partial charge on any atom is -0.364 e. The van der Waals surface area contributed by atoms with Crippen LogP contribution in [0.3, 0.4) is 0 Å². The minimum absolute atomic E-state index is 0.0990. The fourth-order valence-corrected chi connectivity index (χ4v) is 2.06. The highest BCUT2D eigenvalue weighted by Gasteiger charge is 2.09. The van der Waals surface area contributed by atoms with Crippen molar-refractivity contribution in [2.75, 3.05) is 11.9 Å². The topological polar surface area (TPSA) is 54.0 Å². The summed E-state index contributed by atoms with van der Waals surface area (Å²) in [5.74, 6) is 0.203. The van der Waals surface area contributed by atoms with Gasteiger partial charge in [-0.05, 0) is 43.2 Å². The lowest BCUT2D eigenvalue weighted by molar-refractivity contribution is 0.0957. The Kier molecular flexibility index (Phi) is 5.46. The van der Waals surface area contributed by atoms with E-state index >= 15 is 0 Å². The highest BCUT2D eigenvalue weighted by Crippen LogP contribution is 2.20. The molecule has 0 aliphatic carbocycles. The first-order valence-electron chi connectivity index (χ1n) is 7.39. The van der Waals surface area contributed by atoms with Crippen LogP contribution >= 0.6 is 0 Å². The monoisotopic (exact) mass is 313 g/mol. The Morgan fingerprint density at radius 2 is 2.17 bits per heavy atom. The number of rotatable bonds is 6. The summed E-state index contributed by atoms with van der Waals surface area (Å²) < 4.78 is 13.6. The Bertz CT molecular complexity index is 698. The third kappa shape index (κ3) is 4.39. The number of nitrogens with one attached hydrogen (secondary N) is 2. The third-order valence-electron chi connectivity index (χ3n) is 3.49. The molecular weight excluding hydrogens is 293 g/mol. The van der Waals surface area contributed by atoms with Crippen molar-refractivity contribution in [1.82, 2.24) is 10.3 Å². The summed E-state index contributed by atoms with van der Waals surface area (Å²) in [6.07, 6.45) is 3.12. The Labute approximate surface area is 135 Å². The maximum atomic E-state index is 13.6. The number of hydrogen-bond acceptors (Lipinski definition) is 3. The molecule has 0 saturated carbocycles. The van der Waals surface area contributed by atoms with Crippen LogP contribution < -0.4 is 10.6 Å². The van der Waals surface area contributed by atoms with Crippen molar-refractivity contribution >= 4 is 11.7 Å². The van der Waals surface area contributed by atoms with Gasteiger partial charge in [0.2, 0.25) is 0 Å². The molecule has 2 N–H and O–H groups in total. The number of nitrogens with zero attached hydrogens (tertiary/aromatic N) is 1. The standard InChI is InChI=1S/C18H20FN3O/c1-4-9-20-18(23)15-7-8-17(21-11-15)22-13(3)14-6-5-12(2)16(19)10-14/h4-8,10-11,13H,1,9H2,2-3H3,(H,20,23)(H,21,22). The summed E-state index contributed by atoms with van der Waals surface area (Å²) in [6, 6.07) is 8.47. The average molecular weight is 313 g/mol. The molecule has 2 aromatic rings. The number of carbonyl (C=O) groups excluding carboxylic acids is 1. The van der Waals surface area contributed by atoms with Crippen molar-refractivity contribution in [2.24, 2.45) is 0 Å². The fraction of sp³-hybridized carbons (Fsp3) is 0.222. The zero-order valence-corrected chi connectivity index (χ0v) is 13.3. The summed E-state index contributed by atoms with van der Waals surface area (Å²) >= 11 is 0. The maximum absolute atomic E-state index is 13.6. The van der Waals surface area contributed by atoms with Crippen LogP contribution in [0.2, 0.25) is 0 Å². The van der Waals surface area contributed by atoms with Gasteiger partial charge in [-0.25, -0.2) is 9.37 Å². The van der Waals surface area contributed by atoms with Gasteiger partial charge in [-0.15, -0.1) is 6.58 Å². The Hall–Kier alpha value is -2.69. The van der Waals surface area contributed by atoms with Gasteiger partial charge in [0.05, 0.1) is 11.6 Å². The molecule has 23 heavy (non-hydrogen) atoms. The van der Waals surface area contributed by atoms with Crippen molar-refractivity contribution in [2.45, 2.75) is 19.9 Å². The van der Waals surface area contributed by atoms with E-state index < -0.39 is 0 Å². The third-order valence-corrected chi connectivity index (χ3v) is 3.49. The molecule has 1 aromatic carbocycles. The Morgan fingerprint density at radius 3 is 2.78 bits per heavy atom. The number of pyridine rings is 1. The number of amides is 1. The van der Waals surface area contributed by atoms with E-state index in [1.165, 1.54) is 12.3 Å². The number of aromatic nitrogens is 1. The van der Waals surface area contributed by atoms with Gasteiger partial charge in [0.15, 0.2) is 0 Å². The highest BCUT2D eigenvalue weighted by molar-refractivity contribution is 5.94. The molecule has 1 aromatic heterocycles. The molecule has 0 radical (unpaired) electrons. The molecule has 1 unspecified atom stereocenters. The largest absolute Gasteiger partial charge is 0.364 e. The van der Waals surface area contributed by atoms with E-state index in [1.807, 2.05) is 13.0 Å². The van der Waals surface area contributed by atoms with Crippen LogP contribution in [0, 0.1) is 12.7 Å². The molecule has 1 atom stereocenters. The van der Waals surface area contributed by atoms with Crippen LogP contribution in [0.25, 0.3) is 0 Å². The van der Waals surface area contributed by atoms with E-state index in [9.17, 15) is 9.18 Å². The molecule has 0 spiro atoms. The lowest BCUT2D eigenvalue weighted by Crippen LogP contribution is -2.23. The average Bonchev–Trinajstić information content (AvgIpc) is 2.55. The molecule has 0 saturated heterocycles. The Balaban J connectivity index is 2.03. The van der Waals surface area contributed by atoms with Crippen molar-refractivity contribution < 1.29 is 9.18 Å². The first kappa shape index (κ1) is 16.7. The molecule has 120 valence electrons. The van der Waals surface area contributed by atoms with E-state index in [0.717, 1.165) is 5.56 Å². The van der Waals surface area contributed by atoms with Gasteiger partial charge in [-0.2, -0.15) is 0 Å². The summed E-state index contributed by atoms with van der Waals surface area (Å²) in [7, 11) is 0. The van der Waals surface area contributed by atoms with Gasteiger partial charge in [-0.3, -0.25) is 4.79 Å². The predicted octanol–water partition coefficient (Wildman–Crippen LogP) is 3.62. The lowest BCUT2D eigenvalue weighted by Gasteiger charge is -2.15. The minimum atomic E-state index is -0.224. The fourth-order valence-electron chi connectivity index (χ4n) is 2.06. The van der Waals surface area contributed by atoms with E-state index in [-0.39, 0.29) is 17.8 Å². The smallest absolute Gasteiger partial charge is 0.253 e. The van der Waals surface area contributed by atoms with Gasteiger partial charge < -0.3 is 10.6 Å². The van der Waals surface area contributed by atoms with Crippen molar-refractivity contribution in [3.63, 3.8) is 0 Å². The highest BCUT2D eigenvalue weighted by atomic mass is 19.1. The number of halogens is 1. The van der Waals surface area contributed by atoms with Gasteiger partial charge in [0, 0.05) is 12.7 Å². The SMILES string of the molecule is C=CCNC(=O)c1ccc(NC(C)c2ccc(C)c(F)c2)nc1. The Morgan fingerprint density at radius 1 is 1.39 bits per heavy atom. The van der Waals surface area contributed by atoms with Gasteiger partial charge in [0.25, 0.3) is 5.91 Å². The quantitative estimate of drug-likeness (QED) is 0.801. The van der Waals surface area contributed by atoms with Crippen LogP contribution in [0.4, 0.5) is 10.2 Å². The molecule has 4 nitrogen and oxygen atoms in total. The molecular formula is C18H20FN3O. The van der Waals surface area contributed by atoms with E-state index in [0.29, 0.717) is 23.5 Å². The van der Waals surface area contributed by atoms with Crippen LogP contribution in [0.1, 0.15) is 34.5 Å². The molecule has 1 amide bonds. The molecule has 0 bridgehead atoms. The first-order chi connectivity index (χ1) is 11.0. The second-order valence-corrected chi connectivity index (χ2v) is 5.31. The normalized spacial score (nSPS) is 11.6. The predicted molar refractivity (Wildman–Crippen MR) is 89.9 cm³/mol. The van der Waals surface area contributed by atoms with Crippen molar-refractivity contribution in [3.05, 3.63) is 71.7 Å². The maximum Gasteiger partial charge on any atom is 0.253 e. The molecule has 1 heterocycles. The van der Waals surface area contributed by atoms with E-state index in [2.05, 4.69) is 22.2 Å². The second kappa shape index (κ2) is 7.54. The number of carbonyl (C=O) groups is 1. The van der Waals surface area contributed by atoms with Crippen LogP contribution in [-0.2, 0) is 0 Å². The van der Waals surface area contributed by atoms with E-state index in [1.54, 1.807) is 31.2 Å². The first-order valence-corrected chi connectivity index (χ1v) is 7.39.